The van der Waals surface area contributed by atoms with Crippen LogP contribution in [0.15, 0.2) is 35.3 Å². The highest BCUT2D eigenvalue weighted by atomic mass is 16.3. The molecule has 27 heteroatoms. The second kappa shape index (κ2) is 27.7. The Morgan fingerprint density at radius 1 is 0.685 bits per heavy atom. The van der Waals surface area contributed by atoms with Crippen LogP contribution in [0.1, 0.15) is 85.8 Å². The van der Waals surface area contributed by atoms with E-state index in [0.29, 0.717) is 0 Å². The molecule has 27 nitrogen and oxygen atoms in total. The Kier molecular flexibility index (Phi) is 22.9. The van der Waals surface area contributed by atoms with Gasteiger partial charge in [-0.25, -0.2) is 0 Å². The molecule has 2 aliphatic rings. The van der Waals surface area contributed by atoms with Gasteiger partial charge in [0.1, 0.15) is 48.3 Å². The number of carbonyl (C=O) groups is 10. The molecule has 0 spiro atoms. The molecule has 1 aromatic carbocycles. The molecule has 406 valence electrons. The summed E-state index contributed by atoms with van der Waals surface area (Å²) < 4.78 is 0. The van der Waals surface area contributed by atoms with Gasteiger partial charge >= 0.3 is 0 Å². The van der Waals surface area contributed by atoms with E-state index in [-0.39, 0.29) is 49.7 Å². The Labute approximate surface area is 422 Å². The number of aliphatic hydroxyl groups excluding tert-OH is 3. The van der Waals surface area contributed by atoms with E-state index in [0.717, 1.165) is 6.92 Å². The van der Waals surface area contributed by atoms with Crippen molar-refractivity contribution < 1.29 is 63.3 Å². The summed E-state index contributed by atoms with van der Waals surface area (Å²) in [7, 11) is 0. The van der Waals surface area contributed by atoms with Gasteiger partial charge in [-0.1, -0.05) is 71.4 Å². The smallest absolute Gasteiger partial charge is 0.248 e. The molecular formula is C46H74N14O13. The summed E-state index contributed by atoms with van der Waals surface area (Å²) in [6.45, 7) is 9.89. The van der Waals surface area contributed by atoms with E-state index >= 15 is 0 Å². The minimum atomic E-state index is -2.39. The molecule has 2 unspecified atom stereocenters. The number of aliphatic hydroxyl groups is 3. The molecule has 20 N–H and O–H groups in total. The molecule has 10 amide bonds. The lowest BCUT2D eigenvalue weighted by molar-refractivity contribution is -0.140. The zero-order valence-electron chi connectivity index (χ0n) is 42.0. The normalized spacial score (nSPS) is 30.3. The Morgan fingerprint density at radius 2 is 1.26 bits per heavy atom. The molecule has 0 aromatic heterocycles. The van der Waals surface area contributed by atoms with E-state index in [1.165, 1.54) is 19.1 Å². The minimum absolute atomic E-state index is 0.0155. The second-order valence-corrected chi connectivity index (χ2v) is 19.0. The minimum Gasteiger partial charge on any atom is -0.391 e. The van der Waals surface area contributed by atoms with Crippen LogP contribution in [-0.2, 0) is 47.9 Å². The molecule has 0 radical (unpaired) electrons. The van der Waals surface area contributed by atoms with Gasteiger partial charge in [0.2, 0.25) is 59.1 Å². The first-order chi connectivity index (χ1) is 34.2. The first-order valence-corrected chi connectivity index (χ1v) is 24.1. The summed E-state index contributed by atoms with van der Waals surface area (Å²) >= 11 is 0. The van der Waals surface area contributed by atoms with Crippen molar-refractivity contribution >= 4 is 65.0 Å². The Balaban J connectivity index is 2.20. The van der Waals surface area contributed by atoms with E-state index in [1.807, 2.05) is 0 Å². The van der Waals surface area contributed by atoms with Crippen LogP contribution < -0.4 is 70.8 Å². The van der Waals surface area contributed by atoms with Crippen LogP contribution in [0.4, 0.5) is 0 Å². The number of hydrogen-bond donors (Lipinski definition) is 16. The van der Waals surface area contributed by atoms with Crippen molar-refractivity contribution in [2.45, 2.75) is 147 Å². The fourth-order valence-electron chi connectivity index (χ4n) is 8.29. The number of primary amides is 1. The summed E-state index contributed by atoms with van der Waals surface area (Å²) in [4.78, 5) is 141. The molecule has 1 aromatic rings. The van der Waals surface area contributed by atoms with Gasteiger partial charge in [0, 0.05) is 6.54 Å². The summed E-state index contributed by atoms with van der Waals surface area (Å²) in [6, 6.07) is -6.71. The number of hydrogen-bond acceptors (Lipinski definition) is 15. The Bertz CT molecular complexity index is 2180. The van der Waals surface area contributed by atoms with Crippen molar-refractivity contribution in [1.29, 1.82) is 0 Å². The maximum absolute atomic E-state index is 14.6. The van der Waals surface area contributed by atoms with Crippen LogP contribution >= 0.6 is 0 Å². The number of benzene rings is 1. The number of nitrogens with zero attached hydrogens (tertiary/aromatic N) is 1. The molecule has 15 atom stereocenters. The zero-order chi connectivity index (χ0) is 55.0. The van der Waals surface area contributed by atoms with Gasteiger partial charge in [-0.05, 0) is 62.3 Å². The topological polar surface area (TPSA) is 456 Å². The Hall–Kier alpha value is -6.97. The largest absolute Gasteiger partial charge is 0.391 e. The van der Waals surface area contributed by atoms with Crippen LogP contribution in [0.3, 0.4) is 0 Å². The quantitative estimate of drug-likeness (QED) is 0.0557. The number of guanidine groups is 1. The number of carbonyl (C=O) groups excluding carboxylic acids is 10. The predicted molar refractivity (Wildman–Crippen MR) is 262 cm³/mol. The van der Waals surface area contributed by atoms with Crippen molar-refractivity contribution in [2.75, 3.05) is 13.1 Å². The third kappa shape index (κ3) is 17.1. The fraction of sp³-hybridized carbons (Fsp3) is 0.630. The van der Waals surface area contributed by atoms with Crippen LogP contribution in [-0.4, -0.2) is 160 Å². The van der Waals surface area contributed by atoms with E-state index in [4.69, 9.17) is 22.9 Å². The summed E-state index contributed by atoms with van der Waals surface area (Å²) in [5, 5.41) is 54.8. The average Bonchev–Trinajstić information content (AvgIpc) is 3.33. The van der Waals surface area contributed by atoms with Crippen LogP contribution in [0, 0.1) is 23.7 Å². The van der Waals surface area contributed by atoms with E-state index < -0.39 is 156 Å². The highest BCUT2D eigenvalue weighted by Gasteiger charge is 2.45. The molecule has 2 bridgehead atoms. The number of aliphatic imine (C=N–C) groups is 1. The highest BCUT2D eigenvalue weighted by Crippen LogP contribution is 2.30. The lowest BCUT2D eigenvalue weighted by Gasteiger charge is -2.39. The van der Waals surface area contributed by atoms with Gasteiger partial charge in [0.25, 0.3) is 0 Å². The van der Waals surface area contributed by atoms with Crippen molar-refractivity contribution in [2.24, 2.45) is 51.6 Å². The monoisotopic (exact) mass is 1030 g/mol. The number of nitrogens with one attached hydrogen (secondary N) is 9. The number of rotatable bonds is 11. The van der Waals surface area contributed by atoms with Crippen molar-refractivity contribution in [3.8, 4) is 0 Å². The summed E-state index contributed by atoms with van der Waals surface area (Å²) in [6.07, 6.45) is -5.16. The van der Waals surface area contributed by atoms with Gasteiger partial charge in [-0.3, -0.25) is 52.9 Å². The third-order valence-corrected chi connectivity index (χ3v) is 12.9. The van der Waals surface area contributed by atoms with Crippen LogP contribution in [0.2, 0.25) is 0 Å². The number of amides is 10. The average molecular weight is 1030 g/mol. The van der Waals surface area contributed by atoms with Crippen molar-refractivity contribution in [1.82, 2.24) is 47.9 Å². The van der Waals surface area contributed by atoms with Crippen molar-refractivity contribution in [3.05, 3.63) is 35.9 Å². The lowest BCUT2D eigenvalue weighted by Crippen LogP contribution is -2.66. The maximum atomic E-state index is 14.6. The van der Waals surface area contributed by atoms with Crippen LogP contribution in [0.5, 0.6) is 0 Å². The van der Waals surface area contributed by atoms with Crippen LogP contribution in [0.25, 0.3) is 0 Å². The molecule has 0 aliphatic carbocycles. The standard InChI is InChI=1S/C46H74N14O13/c1-8-20(4)29-42(70)57-30(23(7)61)41(69)52-18-27(62)55-34(36(64)37(48)65)44(72)53-22(6)38(66)58-31(24-13-10-9-11-14-24)28(47)40(68)60-33-35(63)21(5)17-25(19(2)3)32(59-45(33)73)43(71)54-26(39(67)56-29)15-12-16-51-46(49)50/h9-11,13-14,19-23,25-26,28-36,61,63-64H,8,12,15-18,47H2,1-7H3,(H2,48,65)(H,52,69)(H,53,72)(H,54,71)(H,55,62)(H,56,67)(H,57,70)(H,58,66)(H,59,73)(H,60,68)(H4,49,50,51)/t20-,21?,22-,23-,25?,26+,28-,29-,30-,31+,32-,33-,34-,35+,36-/m0/s1. The van der Waals surface area contributed by atoms with Gasteiger partial charge < -0.3 is 86.1 Å². The molecular weight excluding hydrogens is 957 g/mol. The molecule has 2 aliphatic heterocycles. The first-order valence-electron chi connectivity index (χ1n) is 24.1. The molecule has 2 heterocycles. The van der Waals surface area contributed by atoms with Gasteiger partial charge in [-0.15, -0.1) is 0 Å². The van der Waals surface area contributed by atoms with Crippen molar-refractivity contribution in [3.63, 3.8) is 0 Å². The first kappa shape index (κ1) is 60.3. The lowest BCUT2D eigenvalue weighted by atomic mass is 9.76. The third-order valence-electron chi connectivity index (χ3n) is 12.9. The predicted octanol–water partition coefficient (Wildman–Crippen LogP) is -6.29. The van der Waals surface area contributed by atoms with Gasteiger partial charge in [0.05, 0.1) is 24.8 Å². The SMILES string of the molecule is CC[C@H](C)[C@@H]1NC(=O)[C@@H](CCCN=C(N)N)NC(=O)[C@H]2NC(=O)[C@@H](NC(=O)[C@@H](N)[C@@H](c3ccccc3)NC(=O)[C@H](C)NC(=O)[C@H]([C@H](O)C(N)=O)NC(=O)CNC(=O)[C@H]([C@H](C)O)NC1=O)[C@H](O)C(C)CC2C(C)C. The number of nitrogens with two attached hydrogens (primary N) is 4. The zero-order valence-corrected chi connectivity index (χ0v) is 42.0. The molecule has 3 rings (SSSR count). The summed E-state index contributed by atoms with van der Waals surface area (Å²) in [5.74, 6) is -13.5. The van der Waals surface area contributed by atoms with Gasteiger partial charge in [0.15, 0.2) is 12.1 Å². The molecule has 2 fully saturated rings. The van der Waals surface area contributed by atoms with E-state index in [9.17, 15) is 63.3 Å². The highest BCUT2D eigenvalue weighted by molar-refractivity contribution is 5.99. The van der Waals surface area contributed by atoms with E-state index in [1.54, 1.807) is 52.8 Å². The summed E-state index contributed by atoms with van der Waals surface area (Å²) in [5.41, 5.74) is 23.1. The van der Waals surface area contributed by atoms with E-state index in [2.05, 4.69) is 52.8 Å². The molecule has 73 heavy (non-hydrogen) atoms. The second-order valence-electron chi connectivity index (χ2n) is 19.0. The van der Waals surface area contributed by atoms with Gasteiger partial charge in [-0.2, -0.15) is 0 Å². The molecule has 0 saturated carbocycles. The number of fused-ring (bicyclic) bond motifs is 3. The fourth-order valence-corrected chi connectivity index (χ4v) is 8.29. The molecule has 2 saturated heterocycles. The Morgan fingerprint density at radius 3 is 1.84 bits per heavy atom. The maximum Gasteiger partial charge on any atom is 0.248 e.